The van der Waals surface area contributed by atoms with Crippen LogP contribution in [0.25, 0.3) is 0 Å². The van der Waals surface area contributed by atoms with E-state index in [4.69, 9.17) is 5.11 Å². The summed E-state index contributed by atoms with van der Waals surface area (Å²) in [6.07, 6.45) is -3.89. The molecule has 0 bridgehead atoms. The van der Waals surface area contributed by atoms with Gasteiger partial charge < -0.3 is 10.4 Å². The maximum absolute atomic E-state index is 12.3. The summed E-state index contributed by atoms with van der Waals surface area (Å²) in [6, 6.07) is -1.11. The number of alkyl halides is 3. The Hall–Kier alpha value is -2.19. The van der Waals surface area contributed by atoms with Gasteiger partial charge in [-0.2, -0.15) is 13.2 Å². The summed E-state index contributed by atoms with van der Waals surface area (Å²) >= 11 is 0. The zero-order valence-corrected chi connectivity index (χ0v) is 8.10. The fourth-order valence-electron chi connectivity index (χ4n) is 0.995. The standard InChI is InChI=1S/C8H6F3N3O3/c9-8(10,11)4-1-2-12-6(14-4)5(7(16)17)13-3-15/h1-3,5H,(H,13,15)(H,16,17). The fourth-order valence-corrected chi connectivity index (χ4v) is 0.995. The first-order valence-electron chi connectivity index (χ1n) is 4.19. The van der Waals surface area contributed by atoms with E-state index < -0.39 is 29.7 Å². The molecule has 1 heterocycles. The molecule has 1 amide bonds. The summed E-state index contributed by atoms with van der Waals surface area (Å²) in [7, 11) is 0. The van der Waals surface area contributed by atoms with Crippen molar-refractivity contribution in [1.29, 1.82) is 0 Å². The molecule has 1 unspecified atom stereocenters. The van der Waals surface area contributed by atoms with Gasteiger partial charge in [-0.05, 0) is 6.07 Å². The van der Waals surface area contributed by atoms with Crippen LogP contribution in [0.4, 0.5) is 13.2 Å². The molecule has 1 rings (SSSR count). The van der Waals surface area contributed by atoms with Crippen LogP contribution in [0.3, 0.4) is 0 Å². The summed E-state index contributed by atoms with van der Waals surface area (Å²) in [4.78, 5) is 27.2. The summed E-state index contributed by atoms with van der Waals surface area (Å²) in [6.45, 7) is 0. The van der Waals surface area contributed by atoms with Crippen molar-refractivity contribution < 1.29 is 27.9 Å². The first-order valence-corrected chi connectivity index (χ1v) is 4.19. The van der Waals surface area contributed by atoms with Crippen LogP contribution >= 0.6 is 0 Å². The number of carboxylic acids is 1. The summed E-state index contributed by atoms with van der Waals surface area (Å²) in [5.74, 6) is -2.20. The minimum Gasteiger partial charge on any atom is -0.479 e. The molecular formula is C8H6F3N3O3. The van der Waals surface area contributed by atoms with Crippen LogP contribution in [0.5, 0.6) is 0 Å². The maximum Gasteiger partial charge on any atom is 0.433 e. The molecule has 0 saturated heterocycles. The lowest BCUT2D eigenvalue weighted by atomic mass is 10.2. The van der Waals surface area contributed by atoms with E-state index in [-0.39, 0.29) is 6.41 Å². The van der Waals surface area contributed by atoms with E-state index in [1.165, 1.54) is 0 Å². The van der Waals surface area contributed by atoms with Crippen molar-refractivity contribution in [3.05, 3.63) is 23.8 Å². The van der Waals surface area contributed by atoms with E-state index in [9.17, 15) is 22.8 Å². The Balaban J connectivity index is 3.13. The average Bonchev–Trinajstić information content (AvgIpc) is 2.24. The van der Waals surface area contributed by atoms with E-state index in [1.54, 1.807) is 5.32 Å². The molecule has 2 N–H and O–H groups in total. The highest BCUT2D eigenvalue weighted by atomic mass is 19.4. The Morgan fingerprint density at radius 2 is 2.18 bits per heavy atom. The van der Waals surface area contributed by atoms with E-state index in [0.29, 0.717) is 6.07 Å². The Morgan fingerprint density at radius 3 is 2.65 bits per heavy atom. The molecule has 0 aliphatic rings. The maximum atomic E-state index is 12.3. The van der Waals surface area contributed by atoms with Crippen LogP contribution < -0.4 is 5.32 Å². The Kier molecular flexibility index (Phi) is 3.61. The highest BCUT2D eigenvalue weighted by Gasteiger charge is 2.34. The molecule has 0 spiro atoms. The lowest BCUT2D eigenvalue weighted by Gasteiger charge is -2.11. The van der Waals surface area contributed by atoms with Crippen molar-refractivity contribution in [2.75, 3.05) is 0 Å². The van der Waals surface area contributed by atoms with Gasteiger partial charge in [0.2, 0.25) is 6.41 Å². The van der Waals surface area contributed by atoms with Crippen molar-refractivity contribution in [2.45, 2.75) is 12.2 Å². The van der Waals surface area contributed by atoms with Gasteiger partial charge in [0.15, 0.2) is 11.9 Å². The quantitative estimate of drug-likeness (QED) is 0.752. The number of amides is 1. The third-order valence-corrected chi connectivity index (χ3v) is 1.70. The Labute approximate surface area is 92.5 Å². The Bertz CT molecular complexity index is 436. The molecule has 0 saturated carbocycles. The number of halogens is 3. The van der Waals surface area contributed by atoms with E-state index in [1.807, 2.05) is 0 Å². The number of carboxylic acid groups (broad SMARTS) is 1. The zero-order valence-electron chi connectivity index (χ0n) is 8.10. The highest BCUT2D eigenvalue weighted by Crippen LogP contribution is 2.27. The number of hydrogen-bond acceptors (Lipinski definition) is 4. The summed E-state index contributed by atoms with van der Waals surface area (Å²) < 4.78 is 36.9. The van der Waals surface area contributed by atoms with Crippen molar-refractivity contribution >= 4 is 12.4 Å². The van der Waals surface area contributed by atoms with Crippen LogP contribution in [-0.4, -0.2) is 27.5 Å². The molecule has 6 nitrogen and oxygen atoms in total. The number of nitrogens with one attached hydrogen (secondary N) is 1. The number of nitrogens with zero attached hydrogens (tertiary/aromatic N) is 2. The molecule has 0 aliphatic heterocycles. The molecule has 1 aromatic heterocycles. The third-order valence-electron chi connectivity index (χ3n) is 1.70. The van der Waals surface area contributed by atoms with Crippen molar-refractivity contribution in [3.63, 3.8) is 0 Å². The lowest BCUT2D eigenvalue weighted by molar-refractivity contribution is -0.143. The van der Waals surface area contributed by atoms with Gasteiger partial charge in [-0.3, -0.25) is 4.79 Å². The Morgan fingerprint density at radius 1 is 1.53 bits per heavy atom. The minimum atomic E-state index is -4.71. The van der Waals surface area contributed by atoms with E-state index >= 15 is 0 Å². The minimum absolute atomic E-state index is 0.0441. The van der Waals surface area contributed by atoms with Gasteiger partial charge in [0.1, 0.15) is 5.69 Å². The van der Waals surface area contributed by atoms with Gasteiger partial charge in [-0.1, -0.05) is 0 Å². The second-order valence-corrected chi connectivity index (χ2v) is 2.85. The van der Waals surface area contributed by atoms with E-state index in [0.717, 1.165) is 6.20 Å². The molecule has 0 fully saturated rings. The van der Waals surface area contributed by atoms with Gasteiger partial charge in [0.05, 0.1) is 0 Å². The van der Waals surface area contributed by atoms with Gasteiger partial charge in [0.25, 0.3) is 0 Å². The molecule has 0 aliphatic carbocycles. The number of carbonyl (C=O) groups is 2. The average molecular weight is 249 g/mol. The van der Waals surface area contributed by atoms with Crippen molar-refractivity contribution in [1.82, 2.24) is 15.3 Å². The van der Waals surface area contributed by atoms with Crippen LogP contribution in [0.15, 0.2) is 12.3 Å². The molecule has 0 radical (unpaired) electrons. The van der Waals surface area contributed by atoms with Crippen LogP contribution in [0.2, 0.25) is 0 Å². The highest BCUT2D eigenvalue weighted by molar-refractivity contribution is 5.76. The van der Waals surface area contributed by atoms with Crippen LogP contribution in [0.1, 0.15) is 17.6 Å². The van der Waals surface area contributed by atoms with Crippen LogP contribution in [0, 0.1) is 0 Å². The predicted octanol–water partition coefficient (Wildman–Crippen LogP) is 0.367. The van der Waals surface area contributed by atoms with Crippen LogP contribution in [-0.2, 0) is 15.8 Å². The number of hydrogen-bond donors (Lipinski definition) is 2. The topological polar surface area (TPSA) is 92.2 Å². The molecule has 92 valence electrons. The largest absolute Gasteiger partial charge is 0.479 e. The third kappa shape index (κ3) is 3.13. The predicted molar refractivity (Wildman–Crippen MR) is 46.6 cm³/mol. The monoisotopic (exact) mass is 249 g/mol. The normalized spacial score (nSPS) is 12.9. The fraction of sp³-hybridized carbons (Fsp3) is 0.250. The number of aromatic nitrogens is 2. The van der Waals surface area contributed by atoms with Gasteiger partial charge >= 0.3 is 12.1 Å². The molecule has 0 aromatic carbocycles. The zero-order chi connectivity index (χ0) is 13.1. The number of carbonyl (C=O) groups excluding carboxylic acids is 1. The van der Waals surface area contributed by atoms with Gasteiger partial charge in [-0.25, -0.2) is 14.8 Å². The van der Waals surface area contributed by atoms with Gasteiger partial charge in [0, 0.05) is 6.20 Å². The number of aliphatic carboxylic acids is 1. The first kappa shape index (κ1) is 12.9. The number of rotatable bonds is 4. The first-order chi connectivity index (χ1) is 7.86. The lowest BCUT2D eigenvalue weighted by Crippen LogP contribution is -2.29. The SMILES string of the molecule is O=CNC(C(=O)O)c1nccc(C(F)(F)F)n1. The van der Waals surface area contributed by atoms with E-state index in [2.05, 4.69) is 9.97 Å². The molecule has 1 atom stereocenters. The molecular weight excluding hydrogens is 243 g/mol. The summed E-state index contributed by atoms with van der Waals surface area (Å²) in [5, 5.41) is 10.5. The summed E-state index contributed by atoms with van der Waals surface area (Å²) in [5.41, 5.74) is -1.28. The smallest absolute Gasteiger partial charge is 0.433 e. The second-order valence-electron chi connectivity index (χ2n) is 2.85. The second kappa shape index (κ2) is 4.76. The molecule has 17 heavy (non-hydrogen) atoms. The van der Waals surface area contributed by atoms with Gasteiger partial charge in [-0.15, -0.1) is 0 Å². The molecule has 1 aromatic rings. The molecule has 9 heteroatoms. The van der Waals surface area contributed by atoms with Crippen molar-refractivity contribution in [2.24, 2.45) is 0 Å². The van der Waals surface area contributed by atoms with Crippen molar-refractivity contribution in [3.8, 4) is 0 Å².